The molecule has 2 aromatic carbocycles. The molecule has 10 rings (SSSR count). The molecule has 8 aromatic rings. The number of fused-ring (bicyclic) bond motifs is 4. The number of aromatic nitrogens is 8. The summed E-state index contributed by atoms with van der Waals surface area (Å²) in [5.74, 6) is -5.97. The van der Waals surface area contributed by atoms with E-state index < -0.39 is 90.7 Å². The molecule has 0 bridgehead atoms. The summed E-state index contributed by atoms with van der Waals surface area (Å²) < 4.78 is 34.2. The van der Waals surface area contributed by atoms with E-state index in [1.807, 2.05) is 60.4 Å². The van der Waals surface area contributed by atoms with Crippen LogP contribution in [-0.4, -0.2) is 186 Å². The molecule has 0 saturated carbocycles. The number of allylic oxidation sites excluding steroid dienone is 2. The fourth-order valence-corrected chi connectivity index (χ4v) is 10.9. The monoisotopic (exact) mass is 1340 g/mol. The van der Waals surface area contributed by atoms with Crippen LogP contribution in [0.15, 0.2) is 89.5 Å². The van der Waals surface area contributed by atoms with E-state index in [9.17, 15) is 63.6 Å². The van der Waals surface area contributed by atoms with E-state index in [-0.39, 0.29) is 116 Å². The number of carbonyl (C=O) groups excluding carboxylic acids is 8. The molecule has 8 heterocycles. The van der Waals surface area contributed by atoms with Gasteiger partial charge in [0.2, 0.25) is 41.6 Å². The van der Waals surface area contributed by atoms with Crippen molar-refractivity contribution in [2.75, 3.05) is 43.9 Å². The third-order valence-corrected chi connectivity index (χ3v) is 15.8. The second-order valence-electron chi connectivity index (χ2n) is 22.6. The van der Waals surface area contributed by atoms with Gasteiger partial charge in [0.05, 0.1) is 46.2 Å². The molecule has 0 aliphatic carbocycles. The summed E-state index contributed by atoms with van der Waals surface area (Å²) in [6, 6.07) is 14.3. The summed E-state index contributed by atoms with van der Waals surface area (Å²) in [4.78, 5) is 135. The molecule has 2 aliphatic rings. The number of nitrogens with one attached hydrogen (secondary N) is 3. The second kappa shape index (κ2) is 29.5. The summed E-state index contributed by atoms with van der Waals surface area (Å²) in [6.07, 6.45) is -3.50. The van der Waals surface area contributed by atoms with E-state index in [4.69, 9.17) is 44.8 Å². The van der Waals surface area contributed by atoms with Crippen LogP contribution in [0.4, 0.5) is 16.4 Å². The van der Waals surface area contributed by atoms with Gasteiger partial charge in [-0.2, -0.15) is 5.10 Å². The van der Waals surface area contributed by atoms with Gasteiger partial charge in [-0.25, -0.2) is 29.5 Å². The van der Waals surface area contributed by atoms with Crippen LogP contribution in [0.3, 0.4) is 0 Å². The van der Waals surface area contributed by atoms with E-state index in [1.165, 1.54) is 48.5 Å². The van der Waals surface area contributed by atoms with Crippen LogP contribution in [0.25, 0.3) is 44.5 Å². The average molecular weight is 1340 g/mol. The lowest BCUT2D eigenvalue weighted by molar-refractivity contribution is -0.271. The minimum atomic E-state index is -2.03. The highest BCUT2D eigenvalue weighted by Gasteiger charge is 2.48. The number of aryl methyl sites for hydroxylation is 4. The Morgan fingerprint density at radius 3 is 2.25 bits per heavy atom. The minimum absolute atomic E-state index is 0.0255. The summed E-state index contributed by atoms with van der Waals surface area (Å²) in [6.45, 7) is 7.38. The highest BCUT2D eigenvalue weighted by atomic mass is 16.7. The molecule has 6 aromatic heterocycles. The first-order valence-corrected chi connectivity index (χ1v) is 30.6. The van der Waals surface area contributed by atoms with Gasteiger partial charge in [-0.1, -0.05) is 25.1 Å². The lowest BCUT2D eigenvalue weighted by Gasteiger charge is -2.38. The summed E-state index contributed by atoms with van der Waals surface area (Å²) in [7, 11) is 1.46. The molecule has 0 spiro atoms. The lowest BCUT2D eigenvalue weighted by atomic mass is 9.99. The van der Waals surface area contributed by atoms with Gasteiger partial charge in [0, 0.05) is 101 Å². The van der Waals surface area contributed by atoms with E-state index in [0.717, 1.165) is 33.8 Å². The van der Waals surface area contributed by atoms with Crippen LogP contribution in [0.1, 0.15) is 87.2 Å². The topological polar surface area (TPSA) is 458 Å². The number of oxazole rings is 1. The van der Waals surface area contributed by atoms with Crippen LogP contribution in [0.5, 0.6) is 11.5 Å². The van der Waals surface area contributed by atoms with E-state index in [1.54, 1.807) is 17.6 Å². The third-order valence-electron chi connectivity index (χ3n) is 15.8. The minimum Gasteiger partial charge on any atom is -0.491 e. The van der Waals surface area contributed by atoms with E-state index in [0.29, 0.717) is 46.6 Å². The Kier molecular flexibility index (Phi) is 20.8. The predicted octanol–water partition coefficient (Wildman–Crippen LogP) is 2.76. The molecule has 97 heavy (non-hydrogen) atoms. The Labute approximate surface area is 550 Å². The number of anilines is 2. The fourth-order valence-electron chi connectivity index (χ4n) is 10.9. The van der Waals surface area contributed by atoms with Crippen LogP contribution in [0.2, 0.25) is 0 Å². The molecular formula is C64H69N15O18. The SMILES string of the molecule is CCc1nc(C)oc1C(=O)Nc1nc2cc(C(N)=O)cc(OCCCN(C)C(=O)OCc3ccc(O[C@@H]4O[C@H](C(=O)O)[C@@H](O)[C@H](O)[C@H]4O)c(NC(=O)CCNC(=O)CCN4C(=O)C=CC4=O)c3)c2n1C/C=C/Cn1c2ncc(C(N)=O)cc2c2ccc(-c3cc(C)nn3CC)nc21. The van der Waals surface area contributed by atoms with Gasteiger partial charge >= 0.3 is 12.1 Å². The number of aliphatic carboxylic acids is 1. The number of nitrogens with two attached hydrogens (primary N) is 2. The Bertz CT molecular complexity index is 4470. The Balaban J connectivity index is 0.846. The van der Waals surface area contributed by atoms with Crippen LogP contribution in [-0.2, 0) is 66.1 Å². The fraction of sp³-hybridized carbons (Fsp3) is 0.344. The summed E-state index contributed by atoms with van der Waals surface area (Å²) >= 11 is 0. The van der Waals surface area contributed by atoms with Crippen LogP contribution in [0, 0.1) is 13.8 Å². The van der Waals surface area contributed by atoms with Gasteiger partial charge in [-0.05, 0) is 80.8 Å². The first kappa shape index (κ1) is 68.4. The van der Waals surface area contributed by atoms with Crippen molar-refractivity contribution in [2.24, 2.45) is 11.5 Å². The van der Waals surface area contributed by atoms with E-state index >= 15 is 0 Å². The molecule has 1 fully saturated rings. The van der Waals surface area contributed by atoms with Gasteiger partial charge < -0.3 is 79.9 Å². The van der Waals surface area contributed by atoms with Gasteiger partial charge in [0.25, 0.3) is 17.7 Å². The molecule has 5 atom stereocenters. The average Bonchev–Trinajstić information content (AvgIpc) is 1.62. The number of hydrogen-bond acceptors (Lipinski definition) is 22. The molecule has 0 radical (unpaired) electrons. The number of carboxylic acids is 1. The number of amides is 8. The molecule has 33 nitrogen and oxygen atoms in total. The molecular weight excluding hydrogens is 1270 g/mol. The molecule has 8 amide bonds. The Morgan fingerprint density at radius 1 is 0.794 bits per heavy atom. The number of hydrogen-bond donors (Lipinski definition) is 9. The number of nitrogens with zero attached hydrogens (tertiary/aromatic N) is 10. The van der Waals surface area contributed by atoms with Gasteiger partial charge in [-0.3, -0.25) is 48.5 Å². The number of primary amides is 2. The molecule has 1 saturated heterocycles. The van der Waals surface area contributed by atoms with Crippen LogP contribution < -0.4 is 36.9 Å². The maximum atomic E-state index is 14.0. The molecule has 33 heteroatoms. The number of aliphatic hydroxyl groups is 3. The molecule has 2 aliphatic heterocycles. The van der Waals surface area contributed by atoms with Gasteiger partial charge in [0.1, 0.15) is 53.2 Å². The van der Waals surface area contributed by atoms with Crippen molar-refractivity contribution in [3.8, 4) is 22.9 Å². The number of ether oxygens (including phenoxy) is 4. The van der Waals surface area contributed by atoms with Crippen molar-refractivity contribution in [3.63, 3.8) is 0 Å². The number of rotatable bonds is 28. The van der Waals surface area contributed by atoms with Crippen molar-refractivity contribution < 1.29 is 86.9 Å². The van der Waals surface area contributed by atoms with Crippen LogP contribution >= 0.6 is 0 Å². The lowest BCUT2D eigenvalue weighted by Crippen LogP contribution is -2.61. The number of pyridine rings is 2. The highest BCUT2D eigenvalue weighted by Crippen LogP contribution is 2.35. The van der Waals surface area contributed by atoms with Crippen molar-refractivity contribution in [1.82, 2.24) is 54.0 Å². The zero-order valence-electron chi connectivity index (χ0n) is 53.1. The molecule has 508 valence electrons. The second-order valence-corrected chi connectivity index (χ2v) is 22.6. The van der Waals surface area contributed by atoms with Crippen molar-refractivity contribution >= 4 is 98.1 Å². The zero-order chi connectivity index (χ0) is 69.5. The maximum absolute atomic E-state index is 14.0. The number of aliphatic hydroxyl groups excluding tert-OH is 3. The molecule has 11 N–H and O–H groups in total. The van der Waals surface area contributed by atoms with Crippen molar-refractivity contribution in [3.05, 3.63) is 125 Å². The maximum Gasteiger partial charge on any atom is 0.409 e. The third kappa shape index (κ3) is 15.2. The van der Waals surface area contributed by atoms with Gasteiger partial charge in [0.15, 0.2) is 12.0 Å². The largest absolute Gasteiger partial charge is 0.491 e. The van der Waals surface area contributed by atoms with Crippen molar-refractivity contribution in [2.45, 2.75) is 110 Å². The standard InChI is InChI=1S/C64H69N15O18/c1-6-39-54(95-33(4)69-39)60(89)73-63-72-42-28-35(56(65)87)29-45(50(42)77(63)21-8-9-22-78-58-38(27-36(30-68-58)57(66)88)37-12-13-40(71-59(37)78)43-25-32(3)74-79(43)7-2)93-24-10-20-75(5)64(92)94-31-34-11-14-44(96-62-53(86)51(84)52(85)55(97-62)61(90)91)41(26-34)70-47(81)17-19-67-46(80)18-23-76-48(82)15-16-49(76)83/h8-9,11-16,25-30,51-53,55,62,84-86H,6-7,10,17-24,31H2,1-5H3,(H2,65,87)(H2,66,88)(H,67,80)(H,70,81)(H,90,91)(H,72,73,89)/b9-8+/t51-,52-,53+,55-,62+/m0/s1. The Morgan fingerprint density at radius 2 is 1.54 bits per heavy atom. The first-order chi connectivity index (χ1) is 46.4. The number of imide groups is 1. The highest BCUT2D eigenvalue weighted by molar-refractivity contribution is 6.13. The zero-order valence-corrected chi connectivity index (χ0v) is 53.1. The number of benzene rings is 2. The van der Waals surface area contributed by atoms with E-state index in [2.05, 4.69) is 31.0 Å². The number of carbonyl (C=O) groups is 9. The smallest absolute Gasteiger partial charge is 0.409 e. The number of imidazole rings is 1. The summed E-state index contributed by atoms with van der Waals surface area (Å²) in [5.41, 5.74) is 16.3. The predicted molar refractivity (Wildman–Crippen MR) is 342 cm³/mol. The van der Waals surface area contributed by atoms with Gasteiger partial charge in [-0.15, -0.1) is 0 Å². The summed E-state index contributed by atoms with van der Waals surface area (Å²) in [5, 5.41) is 54.9. The Hall–Kier alpha value is -11.4. The first-order valence-electron chi connectivity index (χ1n) is 30.6. The normalized spacial score (nSPS) is 16.9. The number of carboxylic acid groups (broad SMARTS) is 1. The van der Waals surface area contributed by atoms with Crippen molar-refractivity contribution in [1.29, 1.82) is 0 Å². The quantitative estimate of drug-likeness (QED) is 0.0193. The molecule has 0 unspecified atom stereocenters.